The number of aryl methyl sites for hydroxylation is 1. The molecular formula is C85H90N2O26. The lowest BCUT2D eigenvalue weighted by Gasteiger charge is -2.16. The third-order valence-electron chi connectivity index (χ3n) is 15.6. The van der Waals surface area contributed by atoms with Crippen LogP contribution in [0.2, 0.25) is 0 Å². The molecule has 1 unspecified atom stereocenters. The summed E-state index contributed by atoms with van der Waals surface area (Å²) in [5.74, 6) is -2.03. The van der Waals surface area contributed by atoms with E-state index < -0.39 is 66.0 Å². The van der Waals surface area contributed by atoms with Gasteiger partial charge in [-0.15, -0.1) is 0 Å². The van der Waals surface area contributed by atoms with Crippen LogP contribution in [0.3, 0.4) is 0 Å². The van der Waals surface area contributed by atoms with Crippen molar-refractivity contribution in [2.24, 2.45) is 16.1 Å². The van der Waals surface area contributed by atoms with E-state index in [1.165, 1.54) is 62.0 Å². The molecule has 28 nitrogen and oxygen atoms in total. The number of nitrogens with zero attached hydrogens (tertiary/aromatic N) is 2. The molecule has 0 aliphatic heterocycles. The molecule has 0 N–H and O–H groups in total. The minimum Gasteiger partial charge on any atom is -0.494 e. The van der Waals surface area contributed by atoms with Crippen LogP contribution in [0.15, 0.2) is 218 Å². The van der Waals surface area contributed by atoms with E-state index >= 15 is 0 Å². The van der Waals surface area contributed by atoms with Crippen molar-refractivity contribution >= 4 is 72.5 Å². The summed E-state index contributed by atoms with van der Waals surface area (Å²) in [5, 5.41) is 8.18. The average molecular weight is 1560 g/mol. The zero-order chi connectivity index (χ0) is 81.2. The molecular weight excluding hydrogens is 1460 g/mol. The van der Waals surface area contributed by atoms with Gasteiger partial charge in [0.15, 0.2) is 5.75 Å². The molecule has 0 fully saturated rings. The lowest BCUT2D eigenvalue weighted by molar-refractivity contribution is -0.217. The van der Waals surface area contributed by atoms with Crippen LogP contribution in [0.25, 0.3) is 0 Å². The van der Waals surface area contributed by atoms with Gasteiger partial charge in [0.1, 0.15) is 52.4 Å². The number of allylic oxidation sites excluding steroid dienone is 2. The Bertz CT molecular complexity index is 4280. The van der Waals surface area contributed by atoms with Crippen LogP contribution in [0.4, 0.5) is 9.59 Å². The maximum atomic E-state index is 12.7. The van der Waals surface area contributed by atoms with Gasteiger partial charge in [-0.2, -0.15) is 15.1 Å². The van der Waals surface area contributed by atoms with E-state index in [0.29, 0.717) is 85.9 Å². The number of carbonyl (C=O) groups excluding carboxylic acids is 10. The molecule has 0 saturated heterocycles. The highest BCUT2D eigenvalue weighted by atomic mass is 17.2. The number of unbranched alkanes of at least 4 members (excludes halogenated alkanes) is 8. The van der Waals surface area contributed by atoms with E-state index in [1.807, 2.05) is 24.3 Å². The molecule has 0 spiro atoms. The van der Waals surface area contributed by atoms with Gasteiger partial charge in [-0.3, -0.25) is 4.79 Å². The van der Waals surface area contributed by atoms with Gasteiger partial charge in [-0.25, -0.2) is 43.2 Å². The second-order valence-corrected chi connectivity index (χ2v) is 24.1. The molecule has 6 aromatic rings. The Morgan fingerprint density at radius 1 is 0.416 bits per heavy atom. The number of hydrogen-bond acceptors (Lipinski definition) is 28. The summed E-state index contributed by atoms with van der Waals surface area (Å²) in [5.41, 5.74) is 3.36. The number of carbonyl (C=O) groups is 10. The van der Waals surface area contributed by atoms with E-state index in [2.05, 4.69) is 36.5 Å². The van der Waals surface area contributed by atoms with Crippen LogP contribution in [-0.4, -0.2) is 132 Å². The van der Waals surface area contributed by atoms with Crippen LogP contribution >= 0.6 is 0 Å². The number of benzene rings is 6. The maximum Gasteiger partial charge on any atom is 0.513 e. The third-order valence-corrected chi connectivity index (χ3v) is 15.6. The van der Waals surface area contributed by atoms with E-state index in [1.54, 1.807) is 91.9 Å². The van der Waals surface area contributed by atoms with Crippen molar-refractivity contribution in [3.63, 3.8) is 0 Å². The number of hydrogen-bond donors (Lipinski definition) is 0. The van der Waals surface area contributed by atoms with E-state index in [9.17, 15) is 47.9 Å². The van der Waals surface area contributed by atoms with Crippen molar-refractivity contribution < 1.29 is 124 Å². The number of rotatable bonds is 46. The molecule has 596 valence electrons. The highest BCUT2D eigenvalue weighted by Gasteiger charge is 2.23. The molecule has 0 amide bonds. The zero-order valence-corrected chi connectivity index (χ0v) is 62.9. The van der Waals surface area contributed by atoms with Crippen molar-refractivity contribution in [1.82, 2.24) is 0 Å². The van der Waals surface area contributed by atoms with Gasteiger partial charge in [0.2, 0.25) is 0 Å². The molecule has 28 heteroatoms. The standard InChI is InChI=1S/C48H52N2O12.C37H38O14/c1-4-45(51)58-30-12-8-6-10-28-56-40-21-16-37(17-22-40)35-60-62-44-27-18-38(32-43(44)48(54)55-3)34-50-49-33-36-14-23-42(24-15-36)61-47(53)39-19-25-41(26-20-39)57-29-11-7-9-13-31-59-46(52)5-2;1-4-32(38)44-20-6-8-22-46-36(42)49-28-14-10-26(11-15-28)34(40)48-30-18-19-31(25(3)24-30)51-35(41)27-12-16-29(17-13-27)50-37(43)47-23-9-7-21-45-33(39)5-2/h4-5,14-27,32-34H,1-2,6-13,28-31,35H2,3H3;4-5,10,12-19,24,26H,1-2,6-9,11,20-23H2,3H3/b49-33+,50-34+;. The molecule has 0 saturated carbocycles. The van der Waals surface area contributed by atoms with Crippen LogP contribution in [0.1, 0.15) is 137 Å². The molecule has 1 atom stereocenters. The highest BCUT2D eigenvalue weighted by molar-refractivity contribution is 5.95. The number of methoxy groups -OCH3 is 1. The van der Waals surface area contributed by atoms with Gasteiger partial charge in [0.05, 0.1) is 89.4 Å². The predicted octanol–water partition coefficient (Wildman–Crippen LogP) is 15.3. The molecule has 7 rings (SSSR count). The monoisotopic (exact) mass is 1550 g/mol. The van der Waals surface area contributed by atoms with Crippen molar-refractivity contribution in [3.05, 3.63) is 247 Å². The quantitative estimate of drug-likeness (QED) is 0.00394. The summed E-state index contributed by atoms with van der Waals surface area (Å²) >= 11 is 0. The van der Waals surface area contributed by atoms with Gasteiger partial charge in [-0.05, 0) is 246 Å². The van der Waals surface area contributed by atoms with E-state index in [0.717, 1.165) is 87.0 Å². The largest absolute Gasteiger partial charge is 0.513 e. The van der Waals surface area contributed by atoms with Crippen LogP contribution < -0.4 is 33.3 Å². The van der Waals surface area contributed by atoms with Crippen LogP contribution in [0.5, 0.6) is 40.2 Å². The van der Waals surface area contributed by atoms with Gasteiger partial charge < -0.3 is 71.2 Å². The van der Waals surface area contributed by atoms with Gasteiger partial charge in [-0.1, -0.05) is 44.5 Å². The summed E-state index contributed by atoms with van der Waals surface area (Å²) in [6.07, 6.45) is 19.5. The minimum absolute atomic E-state index is 0.0692. The summed E-state index contributed by atoms with van der Waals surface area (Å²) in [6, 6.07) is 35.9. The highest BCUT2D eigenvalue weighted by Crippen LogP contribution is 2.29. The Morgan fingerprint density at radius 3 is 1.34 bits per heavy atom. The molecule has 0 aromatic heterocycles. The van der Waals surface area contributed by atoms with E-state index in [4.69, 9.17) is 76.1 Å². The Hall–Kier alpha value is -13.2. The second kappa shape index (κ2) is 51.2. The fraction of sp³-hybridized carbons (Fsp3) is 0.294. The topological polar surface area (TPSA) is 343 Å². The Balaban J connectivity index is 0.000000359. The Morgan fingerprint density at radius 2 is 0.841 bits per heavy atom. The lowest BCUT2D eigenvalue weighted by Crippen LogP contribution is -2.20. The minimum atomic E-state index is -0.923. The average Bonchev–Trinajstić information content (AvgIpc) is 0.843. The van der Waals surface area contributed by atoms with Crippen molar-refractivity contribution in [1.29, 1.82) is 0 Å². The number of esters is 8. The molecule has 1 aliphatic rings. The smallest absolute Gasteiger partial charge is 0.494 e. The summed E-state index contributed by atoms with van der Waals surface area (Å²) in [4.78, 5) is 130. The van der Waals surface area contributed by atoms with Crippen LogP contribution in [0, 0.1) is 12.8 Å². The van der Waals surface area contributed by atoms with Gasteiger partial charge in [0.25, 0.3) is 0 Å². The second-order valence-electron chi connectivity index (χ2n) is 24.1. The maximum absolute atomic E-state index is 12.7. The van der Waals surface area contributed by atoms with E-state index in [-0.39, 0.29) is 79.3 Å². The Labute approximate surface area is 654 Å². The summed E-state index contributed by atoms with van der Waals surface area (Å²) < 4.78 is 72.8. The molecule has 0 radical (unpaired) electrons. The molecule has 113 heavy (non-hydrogen) atoms. The lowest BCUT2D eigenvalue weighted by atomic mass is 10.0. The molecule has 0 bridgehead atoms. The zero-order valence-electron chi connectivity index (χ0n) is 62.9. The molecule has 6 aromatic carbocycles. The molecule has 0 heterocycles. The SMILES string of the molecule is C=CC(=O)OCCCCCCOc1ccc(COOc2ccc(/C=N/N=C/c3ccc(OC(=O)c4ccc(OCCCCCCOC(=O)C=C)cc4)cc3)cc2C(=O)OC)cc1.C=CC(=O)OCCCCOC(=O)OC1=CCC(C(=O)Oc2ccc(OC(=O)c3ccc(OC(=O)OCCCCOC(=O)C=C)cc3)c(C)c2)C=C1. The first-order valence-electron chi connectivity index (χ1n) is 36.1. The molecule has 1 aliphatic carbocycles. The van der Waals surface area contributed by atoms with Crippen molar-refractivity contribution in [2.75, 3.05) is 60.0 Å². The first-order chi connectivity index (χ1) is 54.8. The fourth-order valence-electron chi connectivity index (χ4n) is 9.54. The van der Waals surface area contributed by atoms with Crippen LogP contribution in [-0.2, 0) is 73.4 Å². The van der Waals surface area contributed by atoms with Crippen molar-refractivity contribution in [2.45, 2.75) is 97.0 Å². The van der Waals surface area contributed by atoms with Gasteiger partial charge >= 0.3 is 60.1 Å². The predicted molar refractivity (Wildman–Crippen MR) is 412 cm³/mol. The first-order valence-corrected chi connectivity index (χ1v) is 36.1. The first kappa shape index (κ1) is 88.7. The summed E-state index contributed by atoms with van der Waals surface area (Å²) in [6.45, 7) is 17.5. The normalized spacial score (nSPS) is 11.8. The third kappa shape index (κ3) is 35.3. The summed E-state index contributed by atoms with van der Waals surface area (Å²) in [7, 11) is 1.27. The van der Waals surface area contributed by atoms with Gasteiger partial charge in [0, 0.05) is 24.3 Å². The van der Waals surface area contributed by atoms with Crippen molar-refractivity contribution in [3.8, 4) is 40.2 Å². The number of ether oxygens (including phenoxy) is 14. The fourth-order valence-corrected chi connectivity index (χ4v) is 9.54. The Kier molecular flexibility index (Phi) is 40.2.